The Bertz CT molecular complexity index is 1020. The first-order valence-electron chi connectivity index (χ1n) is 6.66. The number of nitrogens with zero attached hydrogens (tertiary/aromatic N) is 2. The van der Waals surface area contributed by atoms with Crippen LogP contribution >= 0.6 is 11.6 Å². The summed E-state index contributed by atoms with van der Waals surface area (Å²) in [5.74, 6) is -2.17. The molecule has 0 fully saturated rings. The number of nitriles is 1. The van der Waals surface area contributed by atoms with Gasteiger partial charge in [-0.15, -0.1) is 4.36 Å². The van der Waals surface area contributed by atoms with E-state index in [9.17, 15) is 21.8 Å². The summed E-state index contributed by atoms with van der Waals surface area (Å²) in [6, 6.07) is 4.58. The third-order valence-electron chi connectivity index (χ3n) is 3.48. The molecule has 2 aromatic rings. The highest BCUT2D eigenvalue weighted by Gasteiger charge is 2.52. The van der Waals surface area contributed by atoms with Crippen molar-refractivity contribution >= 4 is 21.3 Å². The molecule has 0 bridgehead atoms. The molecule has 1 atom stereocenters. The summed E-state index contributed by atoms with van der Waals surface area (Å²) in [7, 11) is -4.30. The fourth-order valence-electron chi connectivity index (χ4n) is 2.44. The number of rotatable bonds is 2. The Morgan fingerprint density at radius 3 is 2.48 bits per heavy atom. The van der Waals surface area contributed by atoms with Crippen LogP contribution in [0, 0.1) is 23.1 Å². The fourth-order valence-corrected chi connectivity index (χ4v) is 4.53. The van der Waals surface area contributed by atoms with Crippen LogP contribution < -0.4 is 4.74 Å². The smallest absolute Gasteiger partial charge is 0.337 e. The Morgan fingerprint density at radius 2 is 1.88 bits per heavy atom. The summed E-state index contributed by atoms with van der Waals surface area (Å²) in [5.41, 5.74) is -0.190. The quantitative estimate of drug-likeness (QED) is 0.543. The van der Waals surface area contributed by atoms with Gasteiger partial charge in [-0.2, -0.15) is 14.0 Å². The van der Waals surface area contributed by atoms with Crippen molar-refractivity contribution in [3.05, 3.63) is 52.6 Å². The van der Waals surface area contributed by atoms with Gasteiger partial charge in [0.15, 0.2) is 9.73 Å². The van der Waals surface area contributed by atoms with Crippen molar-refractivity contribution in [3.63, 3.8) is 0 Å². The van der Waals surface area contributed by atoms with E-state index in [1.807, 2.05) is 0 Å². The molecule has 0 saturated carbocycles. The van der Waals surface area contributed by atoms with E-state index in [0.29, 0.717) is 6.07 Å². The number of hydrogen-bond donors (Lipinski definition) is 0. The lowest BCUT2D eigenvalue weighted by Crippen LogP contribution is -2.24. The molecule has 1 aliphatic rings. The highest BCUT2D eigenvalue weighted by Crippen LogP contribution is 2.48. The third kappa shape index (κ3) is 2.81. The van der Waals surface area contributed by atoms with E-state index in [1.165, 1.54) is 0 Å². The van der Waals surface area contributed by atoms with Gasteiger partial charge in [0.1, 0.15) is 23.1 Å². The molecule has 130 valence electrons. The number of halogens is 5. The zero-order valence-corrected chi connectivity index (χ0v) is 13.7. The molecule has 0 radical (unpaired) electrons. The number of hydrogen-bond acceptors (Lipinski definition) is 4. The van der Waals surface area contributed by atoms with Crippen LogP contribution in [0.4, 0.5) is 17.6 Å². The lowest BCUT2D eigenvalue weighted by molar-refractivity contribution is 0.103. The van der Waals surface area contributed by atoms with Gasteiger partial charge >= 0.3 is 5.25 Å². The molecule has 0 saturated heterocycles. The van der Waals surface area contributed by atoms with Gasteiger partial charge in [-0.05, 0) is 17.7 Å². The first-order chi connectivity index (χ1) is 11.7. The fraction of sp³-hybridized carbons (Fsp3) is 0.133. The highest BCUT2D eigenvalue weighted by molar-refractivity contribution is 7.95. The van der Waals surface area contributed by atoms with Gasteiger partial charge in [0, 0.05) is 18.2 Å². The summed E-state index contributed by atoms with van der Waals surface area (Å²) in [5, 5.41) is 4.49. The molecule has 1 aliphatic heterocycles. The van der Waals surface area contributed by atoms with Crippen molar-refractivity contribution in [2.45, 2.75) is 16.6 Å². The van der Waals surface area contributed by atoms with Crippen molar-refractivity contribution in [3.8, 4) is 17.7 Å². The standard InChI is InChI=1S/C15H7ClF4N2O2S/c16-14-11-6-15(19,20)25(23,22-7-21)13(11)2-1-12(14)24-10-4-8(17)3-9(18)5-10/h1-5H,6H2. The van der Waals surface area contributed by atoms with Crippen LogP contribution in [0.5, 0.6) is 11.5 Å². The lowest BCUT2D eigenvalue weighted by Gasteiger charge is -2.11. The summed E-state index contributed by atoms with van der Waals surface area (Å²) >= 11 is 6.04. The number of fused-ring (bicyclic) bond motifs is 1. The second kappa shape index (κ2) is 5.89. The zero-order valence-electron chi connectivity index (χ0n) is 12.1. The third-order valence-corrected chi connectivity index (χ3v) is 6.17. The van der Waals surface area contributed by atoms with Gasteiger partial charge < -0.3 is 4.74 Å². The van der Waals surface area contributed by atoms with E-state index < -0.39 is 33.0 Å². The molecular weight excluding hydrogens is 384 g/mol. The maximum Gasteiger partial charge on any atom is 0.337 e. The van der Waals surface area contributed by atoms with Gasteiger partial charge in [0.25, 0.3) is 0 Å². The van der Waals surface area contributed by atoms with Crippen molar-refractivity contribution in [2.75, 3.05) is 0 Å². The predicted molar refractivity (Wildman–Crippen MR) is 81.0 cm³/mol. The highest BCUT2D eigenvalue weighted by atomic mass is 35.5. The van der Waals surface area contributed by atoms with Crippen molar-refractivity contribution in [1.29, 1.82) is 5.26 Å². The molecule has 0 spiro atoms. The van der Waals surface area contributed by atoms with E-state index in [0.717, 1.165) is 30.5 Å². The van der Waals surface area contributed by atoms with E-state index in [1.54, 1.807) is 0 Å². The number of alkyl halides is 2. The maximum atomic E-state index is 14.1. The molecule has 25 heavy (non-hydrogen) atoms. The van der Waals surface area contributed by atoms with Gasteiger partial charge in [-0.25, -0.2) is 13.0 Å². The molecule has 0 aliphatic carbocycles. The first kappa shape index (κ1) is 17.5. The largest absolute Gasteiger partial charge is 0.456 e. The Hall–Kier alpha value is -2.31. The summed E-state index contributed by atoms with van der Waals surface area (Å²) in [4.78, 5) is -0.359. The van der Waals surface area contributed by atoms with Gasteiger partial charge in [0.05, 0.1) is 16.3 Å². The predicted octanol–water partition coefficient (Wildman–Crippen LogP) is 4.87. The van der Waals surface area contributed by atoms with Crippen LogP contribution in [0.25, 0.3) is 0 Å². The van der Waals surface area contributed by atoms with Crippen LogP contribution in [0.1, 0.15) is 5.56 Å². The van der Waals surface area contributed by atoms with Crippen LogP contribution in [-0.2, 0) is 16.1 Å². The van der Waals surface area contributed by atoms with E-state index in [-0.39, 0.29) is 27.0 Å². The summed E-state index contributed by atoms with van der Waals surface area (Å²) in [6.45, 7) is 0. The minimum absolute atomic E-state index is 0.151. The summed E-state index contributed by atoms with van der Waals surface area (Å²) < 4.78 is 75.2. The Labute approximate surface area is 144 Å². The van der Waals surface area contributed by atoms with Gasteiger partial charge in [-0.3, -0.25) is 0 Å². The minimum atomic E-state index is -4.30. The van der Waals surface area contributed by atoms with E-state index >= 15 is 0 Å². The SMILES string of the molecule is N#CN=S1(=O)c2ccc(Oc3cc(F)cc(F)c3)c(Cl)c2CC1(F)F. The Kier molecular flexibility index (Phi) is 4.13. The second-order valence-electron chi connectivity index (χ2n) is 5.09. The van der Waals surface area contributed by atoms with Crippen molar-refractivity contribution in [2.24, 2.45) is 4.36 Å². The molecule has 1 heterocycles. The molecule has 2 aromatic carbocycles. The molecule has 1 unspecified atom stereocenters. The van der Waals surface area contributed by atoms with E-state index in [4.69, 9.17) is 21.6 Å². The van der Waals surface area contributed by atoms with E-state index in [2.05, 4.69) is 4.36 Å². The van der Waals surface area contributed by atoms with Gasteiger partial charge in [-0.1, -0.05) is 11.6 Å². The Balaban J connectivity index is 2.10. The number of benzene rings is 2. The van der Waals surface area contributed by atoms with Crippen molar-refractivity contribution in [1.82, 2.24) is 0 Å². The average molecular weight is 391 g/mol. The number of ether oxygens (including phenoxy) is 1. The van der Waals surface area contributed by atoms with Gasteiger partial charge in [0.2, 0.25) is 6.19 Å². The molecule has 4 nitrogen and oxygen atoms in total. The van der Waals surface area contributed by atoms with Crippen LogP contribution in [-0.4, -0.2) is 9.46 Å². The lowest BCUT2D eigenvalue weighted by atomic mass is 10.1. The van der Waals surface area contributed by atoms with Crippen LogP contribution in [0.15, 0.2) is 39.6 Å². The molecular formula is C15H7ClF4N2O2S. The Morgan fingerprint density at radius 1 is 1.24 bits per heavy atom. The maximum absolute atomic E-state index is 14.1. The molecule has 10 heteroatoms. The molecule has 0 N–H and O–H groups in total. The average Bonchev–Trinajstić information content (AvgIpc) is 2.69. The van der Waals surface area contributed by atoms with Crippen molar-refractivity contribution < 1.29 is 26.5 Å². The first-order valence-corrected chi connectivity index (χ1v) is 8.55. The normalized spacial score (nSPS) is 20.6. The topological polar surface area (TPSA) is 62.5 Å². The molecule has 0 aromatic heterocycles. The molecule has 3 rings (SSSR count). The van der Waals surface area contributed by atoms with Crippen LogP contribution in [0.2, 0.25) is 5.02 Å². The monoisotopic (exact) mass is 390 g/mol. The summed E-state index contributed by atoms with van der Waals surface area (Å²) in [6.07, 6.45) is 0.145. The molecule has 0 amide bonds. The van der Waals surface area contributed by atoms with Crippen LogP contribution in [0.3, 0.4) is 0 Å². The zero-order chi connectivity index (χ0) is 18.4. The minimum Gasteiger partial charge on any atom is -0.456 e. The second-order valence-corrected chi connectivity index (χ2v) is 7.74.